The Morgan fingerprint density at radius 3 is 1.67 bits per heavy atom. The first kappa shape index (κ1) is 8.82. The molecule has 0 aliphatic heterocycles. The van der Waals surface area contributed by atoms with Gasteiger partial charge in [0.25, 0.3) is 0 Å². The first-order valence-electron chi connectivity index (χ1n) is 3.10. The summed E-state index contributed by atoms with van der Waals surface area (Å²) in [5.41, 5.74) is 0. The van der Waals surface area contributed by atoms with Crippen molar-refractivity contribution in [3.05, 3.63) is 0 Å². The van der Waals surface area contributed by atoms with Crippen molar-refractivity contribution >= 4 is 0 Å². The third-order valence-electron chi connectivity index (χ3n) is 1.46. The Bertz CT molecular complexity index is 73.6. The maximum atomic E-state index is 11.8. The minimum atomic E-state index is -3.73. The minimum absolute atomic E-state index is 0.257. The van der Waals surface area contributed by atoms with Crippen LogP contribution >= 0.6 is 0 Å². The summed E-state index contributed by atoms with van der Waals surface area (Å²) in [6.45, 7) is 3.19. The summed E-state index contributed by atoms with van der Waals surface area (Å²) in [7, 11) is 0. The molecule has 0 bridgehead atoms. The molecule has 0 aliphatic carbocycles. The SMILES string of the molecule is CCC(CC)C([O])(F)F. The normalized spacial score (nSPS) is 12.7. The molecule has 3 heteroatoms. The van der Waals surface area contributed by atoms with Gasteiger partial charge in [0.1, 0.15) is 0 Å². The third kappa shape index (κ3) is 2.75. The fourth-order valence-corrected chi connectivity index (χ4v) is 0.764. The quantitative estimate of drug-likeness (QED) is 0.569. The first-order chi connectivity index (χ1) is 4.02. The highest BCUT2D eigenvalue weighted by atomic mass is 19.3. The molecular weight excluding hydrogens is 126 g/mol. The zero-order chi connectivity index (χ0) is 7.49. The molecule has 0 N–H and O–H groups in total. The van der Waals surface area contributed by atoms with Crippen molar-refractivity contribution in [2.45, 2.75) is 32.8 Å². The molecule has 0 atom stereocenters. The van der Waals surface area contributed by atoms with Gasteiger partial charge in [-0.2, -0.15) is 13.9 Å². The summed E-state index contributed by atoms with van der Waals surface area (Å²) in [5, 5.41) is 9.93. The summed E-state index contributed by atoms with van der Waals surface area (Å²) >= 11 is 0. The van der Waals surface area contributed by atoms with E-state index in [-0.39, 0.29) is 12.8 Å². The second kappa shape index (κ2) is 3.11. The average Bonchev–Trinajstić information content (AvgIpc) is 1.65. The van der Waals surface area contributed by atoms with Crippen molar-refractivity contribution in [2.75, 3.05) is 0 Å². The van der Waals surface area contributed by atoms with Crippen LogP contribution in [0.15, 0.2) is 0 Å². The second-order valence-electron chi connectivity index (χ2n) is 2.08. The molecule has 0 aliphatic rings. The van der Waals surface area contributed by atoms with Crippen LogP contribution in [0.2, 0.25) is 0 Å². The second-order valence-corrected chi connectivity index (χ2v) is 2.08. The summed E-state index contributed by atoms with van der Waals surface area (Å²) in [5.74, 6) is -0.988. The van der Waals surface area contributed by atoms with Crippen molar-refractivity contribution in [1.82, 2.24) is 0 Å². The van der Waals surface area contributed by atoms with Crippen LogP contribution in [0.3, 0.4) is 0 Å². The topological polar surface area (TPSA) is 19.9 Å². The number of hydrogen-bond donors (Lipinski definition) is 0. The van der Waals surface area contributed by atoms with Gasteiger partial charge in [0.15, 0.2) is 0 Å². The Hall–Kier alpha value is -0.180. The van der Waals surface area contributed by atoms with Gasteiger partial charge in [0, 0.05) is 0 Å². The van der Waals surface area contributed by atoms with Crippen LogP contribution in [-0.4, -0.2) is 6.11 Å². The number of alkyl halides is 2. The molecular formula is C6H11F2O. The predicted octanol–water partition coefficient (Wildman–Crippen LogP) is 2.45. The molecule has 0 rings (SSSR count). The molecule has 0 heterocycles. The van der Waals surface area contributed by atoms with Gasteiger partial charge >= 0.3 is 6.11 Å². The molecule has 0 saturated carbocycles. The van der Waals surface area contributed by atoms with E-state index in [1.54, 1.807) is 13.8 Å². The lowest BCUT2D eigenvalue weighted by molar-refractivity contribution is -0.277. The summed E-state index contributed by atoms with van der Waals surface area (Å²) in [6.07, 6.45) is -3.22. The van der Waals surface area contributed by atoms with Gasteiger partial charge in [0.2, 0.25) is 0 Å². The lowest BCUT2D eigenvalue weighted by Gasteiger charge is -2.15. The van der Waals surface area contributed by atoms with Gasteiger partial charge in [-0.05, 0) is 12.8 Å². The average molecular weight is 137 g/mol. The Kier molecular flexibility index (Phi) is 3.04. The standard InChI is InChI=1S/C6H11F2O/c1-3-5(4-2)6(7,8)9/h5H,3-4H2,1-2H3. The van der Waals surface area contributed by atoms with Gasteiger partial charge in [-0.3, -0.25) is 0 Å². The highest BCUT2D eigenvalue weighted by Gasteiger charge is 2.35. The monoisotopic (exact) mass is 137 g/mol. The molecule has 0 fully saturated rings. The van der Waals surface area contributed by atoms with Crippen LogP contribution in [0.1, 0.15) is 26.7 Å². The number of rotatable bonds is 3. The van der Waals surface area contributed by atoms with Crippen LogP contribution in [0.25, 0.3) is 0 Å². The molecule has 0 unspecified atom stereocenters. The highest BCUT2D eigenvalue weighted by molar-refractivity contribution is 4.61. The summed E-state index contributed by atoms with van der Waals surface area (Å²) in [6, 6.07) is 0. The molecule has 55 valence electrons. The Morgan fingerprint density at radius 2 is 1.67 bits per heavy atom. The molecule has 0 aromatic heterocycles. The molecule has 1 radical (unpaired) electrons. The molecule has 1 nitrogen and oxygen atoms in total. The molecule has 0 aromatic carbocycles. The van der Waals surface area contributed by atoms with E-state index in [1.807, 2.05) is 0 Å². The lowest BCUT2D eigenvalue weighted by atomic mass is 10.0. The van der Waals surface area contributed by atoms with Gasteiger partial charge in [-0.15, -0.1) is 0 Å². The third-order valence-corrected chi connectivity index (χ3v) is 1.46. The van der Waals surface area contributed by atoms with E-state index in [2.05, 4.69) is 0 Å². The predicted molar refractivity (Wildman–Crippen MR) is 29.7 cm³/mol. The lowest BCUT2D eigenvalue weighted by Crippen LogP contribution is -2.24. The van der Waals surface area contributed by atoms with Gasteiger partial charge < -0.3 is 0 Å². The van der Waals surface area contributed by atoms with E-state index >= 15 is 0 Å². The van der Waals surface area contributed by atoms with E-state index in [0.29, 0.717) is 0 Å². The van der Waals surface area contributed by atoms with Crippen LogP contribution in [0.4, 0.5) is 8.78 Å². The highest BCUT2D eigenvalue weighted by Crippen LogP contribution is 2.26. The van der Waals surface area contributed by atoms with E-state index < -0.39 is 12.0 Å². The molecule has 0 saturated heterocycles. The molecule has 9 heavy (non-hydrogen) atoms. The van der Waals surface area contributed by atoms with E-state index in [0.717, 1.165) is 0 Å². The Balaban J connectivity index is 3.79. The van der Waals surface area contributed by atoms with Crippen molar-refractivity contribution in [2.24, 2.45) is 5.92 Å². The van der Waals surface area contributed by atoms with Crippen molar-refractivity contribution < 1.29 is 13.9 Å². The van der Waals surface area contributed by atoms with Crippen LogP contribution in [0.5, 0.6) is 0 Å². The molecule has 0 aromatic rings. The van der Waals surface area contributed by atoms with Crippen LogP contribution in [0, 0.1) is 5.92 Å². The zero-order valence-corrected chi connectivity index (χ0v) is 5.66. The first-order valence-corrected chi connectivity index (χ1v) is 3.10. The van der Waals surface area contributed by atoms with E-state index in [4.69, 9.17) is 0 Å². The smallest absolute Gasteiger partial charge is 0.173 e. The van der Waals surface area contributed by atoms with Gasteiger partial charge in [0.05, 0.1) is 5.92 Å². The largest absolute Gasteiger partial charge is 0.384 e. The number of halogens is 2. The maximum Gasteiger partial charge on any atom is 0.384 e. The fraction of sp³-hybridized carbons (Fsp3) is 1.00. The van der Waals surface area contributed by atoms with E-state index in [1.165, 1.54) is 0 Å². The van der Waals surface area contributed by atoms with Crippen LogP contribution in [-0.2, 0) is 5.11 Å². The van der Waals surface area contributed by atoms with Crippen molar-refractivity contribution in [1.29, 1.82) is 0 Å². The summed E-state index contributed by atoms with van der Waals surface area (Å²) in [4.78, 5) is 0. The zero-order valence-electron chi connectivity index (χ0n) is 5.66. The summed E-state index contributed by atoms with van der Waals surface area (Å²) < 4.78 is 23.7. The Morgan fingerprint density at radius 1 is 1.33 bits per heavy atom. The van der Waals surface area contributed by atoms with Gasteiger partial charge in [-0.25, -0.2) is 0 Å². The molecule has 0 amide bonds. The number of hydrogen-bond acceptors (Lipinski definition) is 0. The van der Waals surface area contributed by atoms with Crippen molar-refractivity contribution in [3.8, 4) is 0 Å². The molecule has 0 spiro atoms. The van der Waals surface area contributed by atoms with Crippen molar-refractivity contribution in [3.63, 3.8) is 0 Å². The Labute approximate surface area is 53.7 Å². The maximum absolute atomic E-state index is 11.8. The fourth-order valence-electron chi connectivity index (χ4n) is 0.764. The van der Waals surface area contributed by atoms with Gasteiger partial charge in [-0.1, -0.05) is 13.8 Å². The minimum Gasteiger partial charge on any atom is -0.173 e. The van der Waals surface area contributed by atoms with E-state index in [9.17, 15) is 13.9 Å². The van der Waals surface area contributed by atoms with Crippen LogP contribution < -0.4 is 0 Å².